The second-order valence-electron chi connectivity index (χ2n) is 5.63. The molecule has 0 aromatic heterocycles. The van der Waals surface area contributed by atoms with Crippen LogP contribution in [-0.4, -0.2) is 37.6 Å². The Morgan fingerprint density at radius 1 is 1.35 bits per heavy atom. The molecule has 7 heteroatoms. The van der Waals surface area contributed by atoms with Crippen LogP contribution in [0.3, 0.4) is 0 Å². The summed E-state index contributed by atoms with van der Waals surface area (Å²) in [6.07, 6.45) is 3.52. The molecular formula is C13H27ClN4O2. The molecule has 0 aliphatic carbocycles. The number of carbonyl (C=O) groups is 2. The first-order valence-electron chi connectivity index (χ1n) is 7.01. The Labute approximate surface area is 127 Å². The lowest BCUT2D eigenvalue weighted by atomic mass is 9.81. The van der Waals surface area contributed by atoms with Crippen LogP contribution in [0.2, 0.25) is 0 Å². The molecule has 6 nitrogen and oxygen atoms in total. The van der Waals surface area contributed by atoms with Crippen LogP contribution in [0, 0.1) is 5.41 Å². The molecule has 1 rings (SSSR count). The van der Waals surface area contributed by atoms with Crippen LogP contribution in [0.5, 0.6) is 0 Å². The Bertz CT molecular complexity index is 319. The van der Waals surface area contributed by atoms with Gasteiger partial charge in [-0.1, -0.05) is 20.3 Å². The summed E-state index contributed by atoms with van der Waals surface area (Å²) in [5, 5.41) is 8.75. The number of urea groups is 1. The van der Waals surface area contributed by atoms with Crippen LogP contribution < -0.4 is 21.7 Å². The second kappa shape index (κ2) is 9.02. The zero-order valence-electron chi connectivity index (χ0n) is 12.3. The van der Waals surface area contributed by atoms with Crippen molar-refractivity contribution in [2.45, 2.75) is 45.6 Å². The van der Waals surface area contributed by atoms with Gasteiger partial charge in [0.2, 0.25) is 5.91 Å². The molecule has 1 heterocycles. The Kier molecular flexibility index (Phi) is 8.57. The number of hydrogen-bond acceptors (Lipinski definition) is 3. The maximum Gasteiger partial charge on any atom is 0.312 e. The lowest BCUT2D eigenvalue weighted by molar-refractivity contribution is -0.123. The van der Waals surface area contributed by atoms with Crippen LogP contribution in [0.15, 0.2) is 0 Å². The smallest absolute Gasteiger partial charge is 0.312 e. The number of primary amides is 1. The molecule has 20 heavy (non-hydrogen) atoms. The third kappa shape index (κ3) is 6.43. The number of nitrogens with two attached hydrogens (primary N) is 1. The highest BCUT2D eigenvalue weighted by atomic mass is 35.5. The summed E-state index contributed by atoms with van der Waals surface area (Å²) in [6.45, 7) is 6.78. The van der Waals surface area contributed by atoms with Gasteiger partial charge in [-0.2, -0.15) is 0 Å². The molecule has 0 saturated carbocycles. The highest BCUT2D eigenvalue weighted by Gasteiger charge is 2.28. The molecular weight excluding hydrogens is 280 g/mol. The highest BCUT2D eigenvalue weighted by Crippen LogP contribution is 2.26. The number of halogens is 1. The first-order chi connectivity index (χ1) is 8.97. The first kappa shape index (κ1) is 19.0. The van der Waals surface area contributed by atoms with Crippen LogP contribution in [0.4, 0.5) is 4.79 Å². The van der Waals surface area contributed by atoms with Crippen LogP contribution >= 0.6 is 12.4 Å². The maximum atomic E-state index is 12.1. The fraction of sp³-hybridized carbons (Fsp3) is 0.846. The average Bonchev–Trinajstić information content (AvgIpc) is 2.36. The SMILES string of the molecule is CCC[C@@H](NC(N)=O)C(=O)NCC1(C)CCNCC1.Cl. The van der Waals surface area contributed by atoms with Gasteiger partial charge >= 0.3 is 6.03 Å². The van der Waals surface area contributed by atoms with Crippen molar-refractivity contribution in [1.29, 1.82) is 0 Å². The van der Waals surface area contributed by atoms with Gasteiger partial charge in [0.15, 0.2) is 0 Å². The molecule has 1 saturated heterocycles. The lowest BCUT2D eigenvalue weighted by Crippen LogP contribution is -2.51. The van der Waals surface area contributed by atoms with E-state index >= 15 is 0 Å². The normalized spacial score (nSPS) is 18.5. The summed E-state index contributed by atoms with van der Waals surface area (Å²) < 4.78 is 0. The van der Waals surface area contributed by atoms with Gasteiger partial charge < -0.3 is 21.7 Å². The number of carbonyl (C=O) groups excluding carboxylic acids is 2. The molecule has 0 unspecified atom stereocenters. The van der Waals surface area contributed by atoms with E-state index in [1.54, 1.807) is 0 Å². The predicted octanol–water partition coefficient (Wildman–Crippen LogP) is 0.751. The number of rotatable bonds is 6. The van der Waals surface area contributed by atoms with Crippen molar-refractivity contribution in [2.24, 2.45) is 11.1 Å². The van der Waals surface area contributed by atoms with Gasteiger partial charge in [-0.15, -0.1) is 12.4 Å². The fourth-order valence-corrected chi connectivity index (χ4v) is 2.36. The maximum absolute atomic E-state index is 12.1. The number of amides is 3. The van der Waals surface area contributed by atoms with Crippen LogP contribution in [-0.2, 0) is 4.79 Å². The minimum atomic E-state index is -0.651. The standard InChI is InChI=1S/C13H26N4O2.ClH/c1-3-4-10(17-12(14)19)11(18)16-9-13(2)5-7-15-8-6-13;/h10,15H,3-9H2,1-2H3,(H,16,18)(H3,14,17,19);1H/t10-;/m1./s1. The zero-order valence-corrected chi connectivity index (χ0v) is 13.1. The van der Waals surface area contributed by atoms with Crippen molar-refractivity contribution < 1.29 is 9.59 Å². The molecule has 1 fully saturated rings. The Morgan fingerprint density at radius 2 is 1.95 bits per heavy atom. The minimum absolute atomic E-state index is 0. The minimum Gasteiger partial charge on any atom is -0.354 e. The summed E-state index contributed by atoms with van der Waals surface area (Å²) in [7, 11) is 0. The predicted molar refractivity (Wildman–Crippen MR) is 81.9 cm³/mol. The van der Waals surface area contributed by atoms with E-state index in [1.165, 1.54) is 0 Å². The third-order valence-electron chi connectivity index (χ3n) is 3.71. The van der Waals surface area contributed by atoms with E-state index in [1.807, 2.05) is 6.92 Å². The first-order valence-corrected chi connectivity index (χ1v) is 7.01. The quantitative estimate of drug-likeness (QED) is 0.583. The largest absolute Gasteiger partial charge is 0.354 e. The van der Waals surface area contributed by atoms with E-state index in [0.29, 0.717) is 13.0 Å². The van der Waals surface area contributed by atoms with Gasteiger partial charge in [-0.05, 0) is 37.8 Å². The van der Waals surface area contributed by atoms with Gasteiger partial charge in [0.1, 0.15) is 6.04 Å². The second-order valence-corrected chi connectivity index (χ2v) is 5.63. The van der Waals surface area contributed by atoms with Crippen LogP contribution in [0.1, 0.15) is 39.5 Å². The van der Waals surface area contributed by atoms with Crippen molar-refractivity contribution in [3.05, 3.63) is 0 Å². The molecule has 0 radical (unpaired) electrons. The molecule has 1 atom stereocenters. The molecule has 3 amide bonds. The summed E-state index contributed by atoms with van der Waals surface area (Å²) in [5.41, 5.74) is 5.23. The summed E-state index contributed by atoms with van der Waals surface area (Å²) >= 11 is 0. The molecule has 5 N–H and O–H groups in total. The molecule has 0 aromatic rings. The van der Waals surface area contributed by atoms with E-state index in [0.717, 1.165) is 32.4 Å². The molecule has 1 aliphatic heterocycles. The Hall–Kier alpha value is -1.01. The molecule has 1 aliphatic rings. The number of hydrogen-bond donors (Lipinski definition) is 4. The fourth-order valence-electron chi connectivity index (χ4n) is 2.36. The van der Waals surface area contributed by atoms with Gasteiger partial charge in [0, 0.05) is 6.54 Å². The van der Waals surface area contributed by atoms with E-state index in [9.17, 15) is 9.59 Å². The highest BCUT2D eigenvalue weighted by molar-refractivity contribution is 5.86. The van der Waals surface area contributed by atoms with E-state index in [2.05, 4.69) is 22.9 Å². The summed E-state index contributed by atoms with van der Waals surface area (Å²) in [5.74, 6) is -0.139. The summed E-state index contributed by atoms with van der Waals surface area (Å²) in [6, 6.07) is -1.17. The van der Waals surface area contributed by atoms with E-state index in [-0.39, 0.29) is 23.7 Å². The van der Waals surface area contributed by atoms with Crippen molar-refractivity contribution in [1.82, 2.24) is 16.0 Å². The van der Waals surface area contributed by atoms with Gasteiger partial charge in [0.25, 0.3) is 0 Å². The average molecular weight is 307 g/mol. The van der Waals surface area contributed by atoms with Gasteiger partial charge in [-0.3, -0.25) is 4.79 Å². The Balaban J connectivity index is 0.00000361. The lowest BCUT2D eigenvalue weighted by Gasteiger charge is -2.34. The van der Waals surface area contributed by atoms with Gasteiger partial charge in [0.05, 0.1) is 0 Å². The van der Waals surface area contributed by atoms with Crippen molar-refractivity contribution in [3.8, 4) is 0 Å². The van der Waals surface area contributed by atoms with Crippen molar-refractivity contribution in [2.75, 3.05) is 19.6 Å². The monoisotopic (exact) mass is 306 g/mol. The van der Waals surface area contributed by atoms with E-state index in [4.69, 9.17) is 5.73 Å². The van der Waals surface area contributed by atoms with Gasteiger partial charge in [-0.25, -0.2) is 4.79 Å². The third-order valence-corrected chi connectivity index (χ3v) is 3.71. The molecule has 0 spiro atoms. The molecule has 0 aromatic carbocycles. The topological polar surface area (TPSA) is 96.2 Å². The summed E-state index contributed by atoms with van der Waals surface area (Å²) in [4.78, 5) is 22.9. The van der Waals surface area contributed by atoms with Crippen molar-refractivity contribution in [3.63, 3.8) is 0 Å². The molecule has 0 bridgehead atoms. The number of nitrogens with one attached hydrogen (secondary N) is 3. The number of piperidine rings is 1. The Morgan fingerprint density at radius 3 is 2.45 bits per heavy atom. The van der Waals surface area contributed by atoms with E-state index < -0.39 is 12.1 Å². The van der Waals surface area contributed by atoms with Crippen molar-refractivity contribution >= 4 is 24.3 Å². The van der Waals surface area contributed by atoms with Crippen LogP contribution in [0.25, 0.3) is 0 Å². The molecule has 118 valence electrons. The zero-order chi connectivity index (χ0) is 14.3.